The van der Waals surface area contributed by atoms with Crippen molar-refractivity contribution in [2.24, 2.45) is 0 Å². The van der Waals surface area contributed by atoms with Gasteiger partial charge in [0.05, 0.1) is 14.2 Å². The van der Waals surface area contributed by atoms with Crippen molar-refractivity contribution >= 4 is 12.4 Å². The number of benzene rings is 2. The van der Waals surface area contributed by atoms with E-state index in [-0.39, 0.29) is 11.5 Å². The zero-order chi connectivity index (χ0) is 19.6. The van der Waals surface area contributed by atoms with Crippen molar-refractivity contribution in [3.05, 3.63) is 53.1 Å². The van der Waals surface area contributed by atoms with E-state index in [4.69, 9.17) is 14.2 Å². The Morgan fingerprint density at radius 2 is 1.81 bits per heavy atom. The van der Waals surface area contributed by atoms with E-state index in [1.165, 1.54) is 32.4 Å². The molecule has 7 nitrogen and oxygen atoms in total. The zero-order valence-electron chi connectivity index (χ0n) is 14.8. The molecule has 0 spiro atoms. The van der Waals surface area contributed by atoms with E-state index in [0.29, 0.717) is 34.5 Å². The minimum absolute atomic E-state index is 0.0447. The Morgan fingerprint density at radius 1 is 1.07 bits per heavy atom. The number of phenolic OH excluding ortho intramolecular Hbond substituents is 1. The van der Waals surface area contributed by atoms with Crippen LogP contribution >= 0.6 is 0 Å². The third-order valence-corrected chi connectivity index (χ3v) is 4.42. The molecule has 0 saturated heterocycles. The fourth-order valence-electron chi connectivity index (χ4n) is 3.07. The Hall–Kier alpha value is -3.03. The molecule has 2 aromatic rings. The molecule has 27 heavy (non-hydrogen) atoms. The first kappa shape index (κ1) is 18.8. The molecule has 3 N–H and O–H groups in total. The SMILES string of the molecule is COc1cc(C2Oc3c(OC)cc(C=CC=O)cc3C(O)C2O)ccc1O. The van der Waals surface area contributed by atoms with Gasteiger partial charge in [0.1, 0.15) is 18.5 Å². The van der Waals surface area contributed by atoms with Crippen LogP contribution in [0.3, 0.4) is 0 Å². The fourth-order valence-corrected chi connectivity index (χ4v) is 3.07. The largest absolute Gasteiger partial charge is 0.504 e. The zero-order valence-corrected chi connectivity index (χ0v) is 14.8. The lowest BCUT2D eigenvalue weighted by Crippen LogP contribution is -2.34. The molecule has 0 radical (unpaired) electrons. The van der Waals surface area contributed by atoms with E-state index in [1.54, 1.807) is 24.3 Å². The Labute approximate surface area is 156 Å². The number of aliphatic hydroxyl groups is 2. The maximum absolute atomic E-state index is 10.7. The van der Waals surface area contributed by atoms with Crippen molar-refractivity contribution < 1.29 is 34.3 Å². The van der Waals surface area contributed by atoms with Crippen LogP contribution < -0.4 is 14.2 Å². The highest BCUT2D eigenvalue weighted by atomic mass is 16.5. The number of aldehydes is 1. The molecule has 0 saturated carbocycles. The van der Waals surface area contributed by atoms with E-state index < -0.39 is 18.3 Å². The number of hydrogen-bond acceptors (Lipinski definition) is 7. The highest BCUT2D eigenvalue weighted by Gasteiger charge is 2.39. The number of ether oxygens (including phenoxy) is 3. The van der Waals surface area contributed by atoms with Gasteiger partial charge in [-0.25, -0.2) is 0 Å². The van der Waals surface area contributed by atoms with Gasteiger partial charge < -0.3 is 29.5 Å². The number of aromatic hydroxyl groups is 1. The van der Waals surface area contributed by atoms with Crippen molar-refractivity contribution in [1.29, 1.82) is 0 Å². The maximum atomic E-state index is 10.7. The molecule has 0 aromatic heterocycles. The van der Waals surface area contributed by atoms with Crippen molar-refractivity contribution in [1.82, 2.24) is 0 Å². The van der Waals surface area contributed by atoms with Gasteiger partial charge in [0.25, 0.3) is 0 Å². The van der Waals surface area contributed by atoms with E-state index >= 15 is 0 Å². The van der Waals surface area contributed by atoms with Gasteiger partial charge in [0.2, 0.25) is 0 Å². The highest BCUT2D eigenvalue weighted by molar-refractivity contribution is 5.75. The van der Waals surface area contributed by atoms with Gasteiger partial charge in [-0.3, -0.25) is 4.79 Å². The summed E-state index contributed by atoms with van der Waals surface area (Å²) in [6.45, 7) is 0. The van der Waals surface area contributed by atoms with Gasteiger partial charge >= 0.3 is 0 Å². The predicted octanol–water partition coefficient (Wildman–Crippen LogP) is 2.15. The van der Waals surface area contributed by atoms with Crippen LogP contribution in [-0.2, 0) is 4.79 Å². The molecule has 142 valence electrons. The van der Waals surface area contributed by atoms with Crippen molar-refractivity contribution in [3.63, 3.8) is 0 Å². The smallest absolute Gasteiger partial charge is 0.168 e. The molecule has 0 aliphatic carbocycles. The number of allylic oxidation sites excluding steroid dienone is 1. The first-order valence-electron chi connectivity index (χ1n) is 8.23. The molecule has 1 aliphatic heterocycles. The number of aliphatic hydroxyl groups excluding tert-OH is 2. The summed E-state index contributed by atoms with van der Waals surface area (Å²) in [5.41, 5.74) is 1.50. The third kappa shape index (κ3) is 3.47. The molecule has 3 atom stereocenters. The lowest BCUT2D eigenvalue weighted by molar-refractivity contribution is -0.104. The quantitative estimate of drug-likeness (QED) is 0.545. The molecular formula is C20H20O7. The number of phenols is 1. The van der Waals surface area contributed by atoms with E-state index in [9.17, 15) is 20.1 Å². The lowest BCUT2D eigenvalue weighted by Gasteiger charge is -2.35. The number of fused-ring (bicyclic) bond motifs is 1. The van der Waals surface area contributed by atoms with Gasteiger partial charge in [-0.2, -0.15) is 0 Å². The summed E-state index contributed by atoms with van der Waals surface area (Å²) in [6.07, 6.45) is 0.124. The number of hydrogen-bond donors (Lipinski definition) is 3. The van der Waals surface area contributed by atoms with Crippen molar-refractivity contribution in [2.75, 3.05) is 14.2 Å². The summed E-state index contributed by atoms with van der Waals surface area (Å²) >= 11 is 0. The first-order valence-corrected chi connectivity index (χ1v) is 8.23. The van der Waals surface area contributed by atoms with Crippen LogP contribution in [0.4, 0.5) is 0 Å². The molecule has 2 aromatic carbocycles. The molecular weight excluding hydrogens is 352 g/mol. The van der Waals surface area contributed by atoms with E-state index in [1.807, 2.05) is 0 Å². The molecule has 1 aliphatic rings. The topological polar surface area (TPSA) is 105 Å². The number of rotatable bonds is 5. The van der Waals surface area contributed by atoms with Gasteiger partial charge in [0, 0.05) is 5.56 Å². The monoisotopic (exact) mass is 372 g/mol. The van der Waals surface area contributed by atoms with Gasteiger partial charge in [-0.15, -0.1) is 0 Å². The summed E-state index contributed by atoms with van der Waals surface area (Å²) < 4.78 is 16.4. The van der Waals surface area contributed by atoms with E-state index in [2.05, 4.69) is 0 Å². The highest BCUT2D eigenvalue weighted by Crippen LogP contribution is 2.47. The van der Waals surface area contributed by atoms with Gasteiger partial charge in [-0.1, -0.05) is 12.1 Å². The van der Waals surface area contributed by atoms with Crippen LogP contribution in [0.15, 0.2) is 36.4 Å². The standard InChI is InChI=1S/C20H20O7/c1-25-15-10-12(5-6-14(15)22)19-18(24)17(23)13-8-11(4-3-7-21)9-16(26-2)20(13)27-19/h3-10,17-19,22-24H,1-2H3. The van der Waals surface area contributed by atoms with Crippen molar-refractivity contribution in [3.8, 4) is 23.0 Å². The molecule has 3 rings (SSSR count). The Bertz CT molecular complexity index is 875. The Morgan fingerprint density at radius 3 is 2.48 bits per heavy atom. The normalized spacial score (nSPS) is 21.4. The summed E-state index contributed by atoms with van der Waals surface area (Å²) in [5.74, 6) is 0.844. The number of methoxy groups -OCH3 is 2. The number of carbonyl (C=O) groups excluding carboxylic acids is 1. The van der Waals surface area contributed by atoms with Crippen molar-refractivity contribution in [2.45, 2.75) is 18.3 Å². The second-order valence-electron chi connectivity index (χ2n) is 6.04. The fraction of sp³-hybridized carbons (Fsp3) is 0.250. The van der Waals surface area contributed by atoms with Crippen LogP contribution in [-0.4, -0.2) is 41.9 Å². The second kappa shape index (κ2) is 7.69. The predicted molar refractivity (Wildman–Crippen MR) is 97.1 cm³/mol. The van der Waals surface area contributed by atoms with Gasteiger partial charge in [0.15, 0.2) is 29.1 Å². The molecule has 3 unspecified atom stereocenters. The third-order valence-electron chi connectivity index (χ3n) is 4.42. The second-order valence-corrected chi connectivity index (χ2v) is 6.04. The summed E-state index contributed by atoms with van der Waals surface area (Å²) in [7, 11) is 2.88. The average Bonchev–Trinajstić information content (AvgIpc) is 2.69. The minimum Gasteiger partial charge on any atom is -0.504 e. The maximum Gasteiger partial charge on any atom is 0.168 e. The molecule has 7 heteroatoms. The minimum atomic E-state index is -1.26. The van der Waals surface area contributed by atoms with Gasteiger partial charge in [-0.05, 0) is 41.5 Å². The van der Waals surface area contributed by atoms with Crippen LogP contribution in [0.25, 0.3) is 6.08 Å². The van der Waals surface area contributed by atoms with E-state index in [0.717, 1.165) is 0 Å². The summed E-state index contributed by atoms with van der Waals surface area (Å²) in [6, 6.07) is 7.83. The average molecular weight is 372 g/mol. The Balaban J connectivity index is 2.06. The molecule has 0 fully saturated rings. The van der Waals surface area contributed by atoms with Crippen LogP contribution in [0.2, 0.25) is 0 Å². The molecule has 1 heterocycles. The van der Waals surface area contributed by atoms with Crippen LogP contribution in [0.1, 0.15) is 28.9 Å². The lowest BCUT2D eigenvalue weighted by atomic mass is 9.90. The molecule has 0 amide bonds. The van der Waals surface area contributed by atoms with Crippen LogP contribution in [0, 0.1) is 0 Å². The van der Waals surface area contributed by atoms with Crippen LogP contribution in [0.5, 0.6) is 23.0 Å². The summed E-state index contributed by atoms with van der Waals surface area (Å²) in [5, 5.41) is 31.0. The summed E-state index contributed by atoms with van der Waals surface area (Å²) in [4.78, 5) is 10.6. The Kier molecular flexibility index (Phi) is 5.34. The number of carbonyl (C=O) groups is 1. The molecule has 0 bridgehead atoms. The first-order chi connectivity index (χ1) is 13.0.